The molecule has 2 fully saturated rings. The minimum Gasteiger partial charge on any atom is -0.380 e. The molecule has 3 heteroatoms. The Bertz CT molecular complexity index is 188. The molecule has 0 aromatic heterocycles. The fourth-order valence-electron chi connectivity index (χ4n) is 2.38. The molecule has 0 bridgehead atoms. The maximum Gasteiger partial charge on any atom is 0.0591 e. The molecule has 2 aliphatic rings. The van der Waals surface area contributed by atoms with Gasteiger partial charge in [0.2, 0.25) is 0 Å². The van der Waals surface area contributed by atoms with Crippen LogP contribution in [0.1, 0.15) is 39.0 Å². The van der Waals surface area contributed by atoms with E-state index in [-0.39, 0.29) is 0 Å². The van der Waals surface area contributed by atoms with Crippen molar-refractivity contribution in [2.45, 2.75) is 51.1 Å². The second kappa shape index (κ2) is 6.58. The van der Waals surface area contributed by atoms with Gasteiger partial charge in [0.25, 0.3) is 0 Å². The van der Waals surface area contributed by atoms with Crippen LogP contribution in [0.5, 0.6) is 0 Å². The predicted molar refractivity (Wildman–Crippen MR) is 66.6 cm³/mol. The Hall–Kier alpha value is -0.120. The van der Waals surface area contributed by atoms with Gasteiger partial charge in [0, 0.05) is 25.2 Å². The molecule has 0 amide bonds. The van der Waals surface area contributed by atoms with Crippen molar-refractivity contribution in [2.24, 2.45) is 5.92 Å². The zero-order chi connectivity index (χ0) is 11.2. The van der Waals surface area contributed by atoms with E-state index in [1.165, 1.54) is 38.6 Å². The van der Waals surface area contributed by atoms with Crippen molar-refractivity contribution in [1.29, 1.82) is 0 Å². The first-order valence-corrected chi connectivity index (χ1v) is 6.89. The SMILES string of the molecule is CC(CC1CCCN1)NCCOCC1CC1. The molecule has 16 heavy (non-hydrogen) atoms. The largest absolute Gasteiger partial charge is 0.380 e. The van der Waals surface area contributed by atoms with Crippen LogP contribution in [0.25, 0.3) is 0 Å². The molecule has 0 aromatic carbocycles. The fraction of sp³-hybridized carbons (Fsp3) is 1.00. The molecule has 1 saturated heterocycles. The minimum absolute atomic E-state index is 0.611. The second-order valence-electron chi connectivity index (χ2n) is 5.40. The first-order chi connectivity index (χ1) is 7.84. The normalized spacial score (nSPS) is 27.2. The van der Waals surface area contributed by atoms with Crippen molar-refractivity contribution >= 4 is 0 Å². The molecular formula is C13H26N2O. The zero-order valence-electron chi connectivity index (χ0n) is 10.5. The molecule has 2 N–H and O–H groups in total. The summed E-state index contributed by atoms with van der Waals surface area (Å²) in [6.07, 6.45) is 6.73. The Labute approximate surface area is 99.3 Å². The standard InChI is InChI=1S/C13H26N2O/c1-11(9-13-3-2-6-15-13)14-7-8-16-10-12-4-5-12/h11-15H,2-10H2,1H3. The molecular weight excluding hydrogens is 200 g/mol. The lowest BCUT2D eigenvalue weighted by atomic mass is 10.1. The van der Waals surface area contributed by atoms with Gasteiger partial charge in [-0.3, -0.25) is 0 Å². The van der Waals surface area contributed by atoms with Crippen molar-refractivity contribution in [2.75, 3.05) is 26.3 Å². The molecule has 3 nitrogen and oxygen atoms in total. The van der Waals surface area contributed by atoms with Crippen LogP contribution >= 0.6 is 0 Å². The van der Waals surface area contributed by atoms with Gasteiger partial charge in [0.1, 0.15) is 0 Å². The van der Waals surface area contributed by atoms with Crippen LogP contribution in [-0.2, 0) is 4.74 Å². The first-order valence-electron chi connectivity index (χ1n) is 6.89. The summed E-state index contributed by atoms with van der Waals surface area (Å²) < 4.78 is 5.60. The second-order valence-corrected chi connectivity index (χ2v) is 5.40. The van der Waals surface area contributed by atoms with Gasteiger partial charge in [0.05, 0.1) is 6.61 Å². The number of ether oxygens (including phenoxy) is 1. The summed E-state index contributed by atoms with van der Waals surface area (Å²) in [7, 11) is 0. The third-order valence-electron chi connectivity index (χ3n) is 3.59. The van der Waals surface area contributed by atoms with Crippen molar-refractivity contribution in [3.63, 3.8) is 0 Å². The molecule has 1 heterocycles. The molecule has 0 aromatic rings. The lowest BCUT2D eigenvalue weighted by Crippen LogP contribution is -2.35. The topological polar surface area (TPSA) is 33.3 Å². The van der Waals surface area contributed by atoms with Gasteiger partial charge in [-0.05, 0) is 51.5 Å². The molecule has 2 atom stereocenters. The summed E-state index contributed by atoms with van der Waals surface area (Å²) in [6.45, 7) is 6.35. The van der Waals surface area contributed by atoms with Gasteiger partial charge in [-0.15, -0.1) is 0 Å². The van der Waals surface area contributed by atoms with Gasteiger partial charge in [0.15, 0.2) is 0 Å². The highest BCUT2D eigenvalue weighted by atomic mass is 16.5. The summed E-state index contributed by atoms with van der Waals surface area (Å²) >= 11 is 0. The van der Waals surface area contributed by atoms with Gasteiger partial charge in [-0.25, -0.2) is 0 Å². The zero-order valence-corrected chi connectivity index (χ0v) is 10.5. The van der Waals surface area contributed by atoms with E-state index in [0.29, 0.717) is 6.04 Å². The van der Waals surface area contributed by atoms with Gasteiger partial charge < -0.3 is 15.4 Å². The van der Waals surface area contributed by atoms with Crippen molar-refractivity contribution in [1.82, 2.24) is 10.6 Å². The van der Waals surface area contributed by atoms with E-state index < -0.39 is 0 Å². The van der Waals surface area contributed by atoms with Gasteiger partial charge >= 0.3 is 0 Å². The van der Waals surface area contributed by atoms with Crippen molar-refractivity contribution < 1.29 is 4.74 Å². The third-order valence-corrected chi connectivity index (χ3v) is 3.59. The monoisotopic (exact) mass is 226 g/mol. The number of nitrogens with one attached hydrogen (secondary N) is 2. The summed E-state index contributed by atoms with van der Waals surface area (Å²) in [5.74, 6) is 0.889. The fourth-order valence-corrected chi connectivity index (χ4v) is 2.38. The summed E-state index contributed by atoms with van der Waals surface area (Å²) in [5, 5.41) is 7.08. The molecule has 2 rings (SSSR count). The van der Waals surface area contributed by atoms with Crippen molar-refractivity contribution in [3.8, 4) is 0 Å². The van der Waals surface area contributed by atoms with Crippen LogP contribution < -0.4 is 10.6 Å². The van der Waals surface area contributed by atoms with Crippen molar-refractivity contribution in [3.05, 3.63) is 0 Å². The summed E-state index contributed by atoms with van der Waals surface area (Å²) in [5.41, 5.74) is 0. The Morgan fingerprint density at radius 2 is 2.25 bits per heavy atom. The molecule has 2 unspecified atom stereocenters. The Morgan fingerprint density at radius 3 is 2.94 bits per heavy atom. The summed E-state index contributed by atoms with van der Waals surface area (Å²) in [4.78, 5) is 0. The van der Waals surface area contributed by atoms with E-state index in [1.807, 2.05) is 0 Å². The number of hydrogen-bond acceptors (Lipinski definition) is 3. The first kappa shape index (κ1) is 12.3. The van der Waals surface area contributed by atoms with Crippen LogP contribution in [0.15, 0.2) is 0 Å². The average Bonchev–Trinajstić information content (AvgIpc) is 2.95. The predicted octanol–water partition coefficient (Wildman–Crippen LogP) is 1.53. The lowest BCUT2D eigenvalue weighted by molar-refractivity contribution is 0.124. The van der Waals surface area contributed by atoms with Crippen LogP contribution in [0.3, 0.4) is 0 Å². The van der Waals surface area contributed by atoms with E-state index in [9.17, 15) is 0 Å². The highest BCUT2D eigenvalue weighted by molar-refractivity contribution is 4.78. The quantitative estimate of drug-likeness (QED) is 0.616. The van der Waals surface area contributed by atoms with E-state index in [0.717, 1.165) is 31.7 Å². The van der Waals surface area contributed by atoms with E-state index >= 15 is 0 Å². The van der Waals surface area contributed by atoms with E-state index in [1.54, 1.807) is 0 Å². The number of hydrogen-bond donors (Lipinski definition) is 2. The Balaban J connectivity index is 1.41. The average molecular weight is 226 g/mol. The van der Waals surface area contributed by atoms with Crippen LogP contribution in [-0.4, -0.2) is 38.4 Å². The minimum atomic E-state index is 0.611. The van der Waals surface area contributed by atoms with Gasteiger partial charge in [-0.2, -0.15) is 0 Å². The molecule has 0 spiro atoms. The molecule has 1 saturated carbocycles. The Morgan fingerprint density at radius 1 is 1.38 bits per heavy atom. The molecule has 0 radical (unpaired) electrons. The van der Waals surface area contributed by atoms with Gasteiger partial charge in [-0.1, -0.05) is 0 Å². The van der Waals surface area contributed by atoms with E-state index in [4.69, 9.17) is 4.74 Å². The maximum atomic E-state index is 5.60. The maximum absolute atomic E-state index is 5.60. The Kier molecular flexibility index (Phi) is 5.07. The van der Waals surface area contributed by atoms with Crippen LogP contribution in [0.4, 0.5) is 0 Å². The molecule has 1 aliphatic heterocycles. The molecule has 1 aliphatic carbocycles. The highest BCUT2D eigenvalue weighted by Gasteiger charge is 2.21. The smallest absolute Gasteiger partial charge is 0.0591 e. The highest BCUT2D eigenvalue weighted by Crippen LogP contribution is 2.28. The molecule has 94 valence electrons. The third kappa shape index (κ3) is 4.81. The van der Waals surface area contributed by atoms with Crippen LogP contribution in [0.2, 0.25) is 0 Å². The summed E-state index contributed by atoms with van der Waals surface area (Å²) in [6, 6.07) is 1.36. The lowest BCUT2D eigenvalue weighted by Gasteiger charge is -2.18. The van der Waals surface area contributed by atoms with E-state index in [2.05, 4.69) is 17.6 Å². The van der Waals surface area contributed by atoms with Crippen LogP contribution in [0, 0.1) is 5.92 Å². The number of rotatable bonds is 8.